The predicted molar refractivity (Wildman–Crippen MR) is 68.8 cm³/mol. The van der Waals surface area contributed by atoms with Crippen LogP contribution < -0.4 is 10.3 Å². The van der Waals surface area contributed by atoms with Crippen LogP contribution in [-0.2, 0) is 0 Å². The van der Waals surface area contributed by atoms with E-state index in [9.17, 15) is 4.79 Å². The number of hydrogen-bond donors (Lipinski definition) is 1. The van der Waals surface area contributed by atoms with Gasteiger partial charge in [-0.2, -0.15) is 5.10 Å². The third kappa shape index (κ3) is 1.84. The number of hydrogen-bond acceptors (Lipinski definition) is 5. The molecule has 2 heterocycles. The van der Waals surface area contributed by atoms with Crippen molar-refractivity contribution in [2.45, 2.75) is 0 Å². The largest absolute Gasteiger partial charge is 0.495 e. The highest BCUT2D eigenvalue weighted by molar-refractivity contribution is 6.32. The zero-order chi connectivity index (χ0) is 13.4. The van der Waals surface area contributed by atoms with Crippen molar-refractivity contribution >= 4 is 22.6 Å². The summed E-state index contributed by atoms with van der Waals surface area (Å²) in [6.07, 6.45) is 1.43. The lowest BCUT2D eigenvalue weighted by atomic mass is 10.3. The molecule has 0 fully saturated rings. The average molecular weight is 278 g/mol. The molecule has 0 saturated carbocycles. The molecule has 1 N–H and O–H groups in total. The molecule has 0 aliphatic heterocycles. The Hall–Kier alpha value is -2.41. The van der Waals surface area contributed by atoms with E-state index >= 15 is 0 Å². The van der Waals surface area contributed by atoms with Gasteiger partial charge in [0.2, 0.25) is 0 Å². The van der Waals surface area contributed by atoms with Crippen molar-refractivity contribution in [3.05, 3.63) is 39.8 Å². The van der Waals surface area contributed by atoms with Crippen molar-refractivity contribution < 1.29 is 4.74 Å². The van der Waals surface area contributed by atoms with Gasteiger partial charge in [-0.1, -0.05) is 16.8 Å². The fourth-order valence-corrected chi connectivity index (χ4v) is 2.00. The van der Waals surface area contributed by atoms with Crippen LogP contribution in [0.2, 0.25) is 5.02 Å². The van der Waals surface area contributed by atoms with Crippen molar-refractivity contribution in [2.75, 3.05) is 7.11 Å². The number of aromatic nitrogens is 5. The van der Waals surface area contributed by atoms with Crippen LogP contribution in [0.15, 0.2) is 29.2 Å². The third-order valence-electron chi connectivity index (χ3n) is 2.66. The first kappa shape index (κ1) is 11.7. The molecule has 0 radical (unpaired) electrons. The van der Waals surface area contributed by atoms with E-state index < -0.39 is 0 Å². The fraction of sp³-hybridized carbons (Fsp3) is 0.0909. The molecule has 0 bridgehead atoms. The molecule has 0 spiro atoms. The monoisotopic (exact) mass is 277 g/mol. The van der Waals surface area contributed by atoms with Crippen LogP contribution in [0.5, 0.6) is 5.75 Å². The maximum atomic E-state index is 11.5. The first-order valence-electron chi connectivity index (χ1n) is 5.33. The number of methoxy groups -OCH3 is 1. The Bertz CT molecular complexity index is 810. The van der Waals surface area contributed by atoms with Gasteiger partial charge in [-0.05, 0) is 18.2 Å². The highest BCUT2D eigenvalue weighted by Crippen LogP contribution is 2.27. The second-order valence-corrected chi connectivity index (χ2v) is 4.16. The van der Waals surface area contributed by atoms with Gasteiger partial charge in [-0.3, -0.25) is 4.79 Å². The Kier molecular flexibility index (Phi) is 2.68. The van der Waals surface area contributed by atoms with E-state index in [4.69, 9.17) is 16.3 Å². The lowest BCUT2D eigenvalue weighted by Crippen LogP contribution is -2.10. The highest BCUT2D eigenvalue weighted by Gasteiger charge is 2.11. The van der Waals surface area contributed by atoms with E-state index in [0.717, 1.165) is 0 Å². The van der Waals surface area contributed by atoms with Gasteiger partial charge in [0.15, 0.2) is 5.65 Å². The van der Waals surface area contributed by atoms with Crippen LogP contribution in [0.1, 0.15) is 0 Å². The zero-order valence-corrected chi connectivity index (χ0v) is 10.5. The van der Waals surface area contributed by atoms with Gasteiger partial charge in [0, 0.05) is 0 Å². The van der Waals surface area contributed by atoms with E-state index in [1.54, 1.807) is 18.2 Å². The lowest BCUT2D eigenvalue weighted by Gasteiger charge is -2.06. The molecule has 0 atom stereocenters. The highest BCUT2D eigenvalue weighted by atomic mass is 35.5. The maximum Gasteiger partial charge on any atom is 0.278 e. The van der Waals surface area contributed by atoms with E-state index in [1.165, 1.54) is 18.0 Å². The van der Waals surface area contributed by atoms with E-state index in [2.05, 4.69) is 20.5 Å². The molecular weight excluding hydrogens is 270 g/mol. The van der Waals surface area contributed by atoms with Gasteiger partial charge in [0.05, 0.1) is 24.0 Å². The van der Waals surface area contributed by atoms with Gasteiger partial charge in [0.1, 0.15) is 11.1 Å². The van der Waals surface area contributed by atoms with E-state index in [-0.39, 0.29) is 5.56 Å². The van der Waals surface area contributed by atoms with Gasteiger partial charge in [0.25, 0.3) is 5.56 Å². The number of ether oxygens (including phenoxy) is 1. The Balaban J connectivity index is 2.22. The third-order valence-corrected chi connectivity index (χ3v) is 2.96. The molecule has 1 aromatic carbocycles. The number of benzene rings is 1. The molecule has 0 saturated heterocycles. The molecule has 3 rings (SSSR count). The maximum absolute atomic E-state index is 11.5. The Morgan fingerprint density at radius 1 is 1.42 bits per heavy atom. The quantitative estimate of drug-likeness (QED) is 0.760. The number of H-pyrrole nitrogens is 1. The first-order chi connectivity index (χ1) is 9.20. The summed E-state index contributed by atoms with van der Waals surface area (Å²) in [6, 6.07) is 5.15. The summed E-state index contributed by atoms with van der Waals surface area (Å²) < 4.78 is 6.57. The summed E-state index contributed by atoms with van der Waals surface area (Å²) in [4.78, 5) is 11.5. The molecule has 0 aliphatic carbocycles. The van der Waals surface area contributed by atoms with Crippen molar-refractivity contribution in [3.8, 4) is 11.4 Å². The van der Waals surface area contributed by atoms with Gasteiger partial charge < -0.3 is 4.74 Å². The predicted octanol–water partition coefficient (Wildman–Crippen LogP) is 1.17. The van der Waals surface area contributed by atoms with Crippen molar-refractivity contribution in [2.24, 2.45) is 0 Å². The number of rotatable bonds is 2. The number of aromatic amines is 1. The molecule has 2 aromatic heterocycles. The Labute approximate surface area is 111 Å². The van der Waals surface area contributed by atoms with E-state index in [1.807, 2.05) is 0 Å². The molecule has 0 aliphatic rings. The Morgan fingerprint density at radius 2 is 2.26 bits per heavy atom. The van der Waals surface area contributed by atoms with Gasteiger partial charge in [-0.15, -0.1) is 5.10 Å². The molecule has 0 amide bonds. The number of halogens is 1. The molecule has 0 unspecified atom stereocenters. The standard InChI is InChI=1S/C11H8ClN5O2/c1-19-9-3-2-6(4-8(9)12)17-10-7(5-13-17)11(18)15-16-14-10/h2-5H,1H3,(H,14,15,18). The van der Waals surface area contributed by atoms with Crippen molar-refractivity contribution in [3.63, 3.8) is 0 Å². The minimum Gasteiger partial charge on any atom is -0.495 e. The van der Waals surface area contributed by atoms with Gasteiger partial charge >= 0.3 is 0 Å². The lowest BCUT2D eigenvalue weighted by molar-refractivity contribution is 0.415. The first-order valence-corrected chi connectivity index (χ1v) is 5.71. The zero-order valence-electron chi connectivity index (χ0n) is 9.79. The van der Waals surface area contributed by atoms with Crippen LogP contribution in [-0.4, -0.2) is 32.3 Å². The summed E-state index contributed by atoms with van der Waals surface area (Å²) in [5.41, 5.74) is 0.696. The van der Waals surface area contributed by atoms with Gasteiger partial charge in [-0.25, -0.2) is 9.78 Å². The second-order valence-electron chi connectivity index (χ2n) is 3.75. The minimum atomic E-state index is -0.337. The average Bonchev–Trinajstić information content (AvgIpc) is 2.84. The molecule has 96 valence electrons. The Morgan fingerprint density at radius 3 is 3.00 bits per heavy atom. The van der Waals surface area contributed by atoms with E-state index in [0.29, 0.717) is 27.5 Å². The molecule has 3 aromatic rings. The summed E-state index contributed by atoms with van der Waals surface area (Å²) in [5.74, 6) is 0.561. The van der Waals surface area contributed by atoms with Crippen LogP contribution in [0, 0.1) is 0 Å². The summed E-state index contributed by atoms with van der Waals surface area (Å²) in [6.45, 7) is 0. The van der Waals surface area contributed by atoms with Crippen LogP contribution in [0.3, 0.4) is 0 Å². The SMILES string of the molecule is COc1ccc(-n2ncc3c(=O)[nH]nnc32)cc1Cl. The minimum absolute atomic E-state index is 0.337. The molecule has 19 heavy (non-hydrogen) atoms. The molecular formula is C11H8ClN5O2. The summed E-state index contributed by atoms with van der Waals surface area (Å²) >= 11 is 6.06. The van der Waals surface area contributed by atoms with Crippen LogP contribution in [0.4, 0.5) is 0 Å². The second kappa shape index (κ2) is 4.36. The summed E-state index contributed by atoms with van der Waals surface area (Å²) in [5, 5.41) is 14.6. The topological polar surface area (TPSA) is 85.7 Å². The van der Waals surface area contributed by atoms with Crippen LogP contribution >= 0.6 is 11.6 Å². The molecule has 7 nitrogen and oxygen atoms in total. The number of nitrogens with one attached hydrogen (secondary N) is 1. The van der Waals surface area contributed by atoms with Crippen molar-refractivity contribution in [1.82, 2.24) is 25.2 Å². The number of fused-ring (bicyclic) bond motifs is 1. The van der Waals surface area contributed by atoms with Crippen LogP contribution in [0.25, 0.3) is 16.7 Å². The normalized spacial score (nSPS) is 10.8. The number of nitrogens with zero attached hydrogens (tertiary/aromatic N) is 4. The van der Waals surface area contributed by atoms with Crippen molar-refractivity contribution in [1.29, 1.82) is 0 Å². The summed E-state index contributed by atoms with van der Waals surface area (Å²) in [7, 11) is 1.54. The molecule has 8 heteroatoms. The fourth-order valence-electron chi connectivity index (χ4n) is 1.75. The smallest absolute Gasteiger partial charge is 0.278 e.